The first-order valence-electron chi connectivity index (χ1n) is 5.93. The fourth-order valence-electron chi connectivity index (χ4n) is 1.87. The molecule has 0 spiro atoms. The molecule has 2 aromatic rings. The van der Waals surface area contributed by atoms with Gasteiger partial charge in [0.2, 0.25) is 10.6 Å². The Bertz CT molecular complexity index is 867. The van der Waals surface area contributed by atoms with E-state index in [1.165, 1.54) is 0 Å². The summed E-state index contributed by atoms with van der Waals surface area (Å²) in [5, 5.41) is 14.2. The van der Waals surface area contributed by atoms with Crippen molar-refractivity contribution >= 4 is 17.9 Å². The predicted molar refractivity (Wildman–Crippen MR) is 70.0 cm³/mol. The van der Waals surface area contributed by atoms with Crippen molar-refractivity contribution in [3.05, 3.63) is 44.5 Å². The Balaban J connectivity index is 2.75. The Morgan fingerprint density at radius 2 is 1.75 bits per heavy atom. The van der Waals surface area contributed by atoms with Gasteiger partial charge < -0.3 is 0 Å². The number of aromatic nitrogens is 3. The molecule has 0 fully saturated rings. The normalized spacial score (nSPS) is 12.5. The van der Waals surface area contributed by atoms with Gasteiger partial charge in [-0.3, -0.25) is 14.7 Å². The number of nitrogens with zero attached hydrogens (tertiary/aromatic N) is 4. The first-order chi connectivity index (χ1) is 10.8. The van der Waals surface area contributed by atoms with E-state index in [0.717, 1.165) is 7.05 Å². The van der Waals surface area contributed by atoms with Gasteiger partial charge in [0.1, 0.15) is 5.69 Å². The summed E-state index contributed by atoms with van der Waals surface area (Å²) in [5.74, 6) is -1.44. The lowest BCUT2D eigenvalue weighted by molar-refractivity contribution is -0.384. The Morgan fingerprint density at radius 1 is 1.17 bits per heavy atom. The minimum atomic E-state index is -4.89. The number of hydrogen-bond acceptors (Lipinski definition) is 4. The zero-order chi connectivity index (χ0) is 18.4. The van der Waals surface area contributed by atoms with Crippen LogP contribution in [-0.4, -0.2) is 19.3 Å². The molecule has 24 heavy (non-hydrogen) atoms. The second kappa shape index (κ2) is 5.58. The maximum Gasteiger partial charge on any atom is 0.451 e. The van der Waals surface area contributed by atoms with Crippen LogP contribution in [0.5, 0.6) is 0 Å². The van der Waals surface area contributed by atoms with Crippen LogP contribution >= 0.6 is 12.2 Å². The number of rotatable bonds is 2. The number of hydrogen-bond donors (Lipinski definition) is 0. The number of nitro benzene ring substituents is 1. The van der Waals surface area contributed by atoms with E-state index >= 15 is 0 Å². The van der Waals surface area contributed by atoms with Crippen molar-refractivity contribution < 1.29 is 31.3 Å². The van der Waals surface area contributed by atoms with Crippen molar-refractivity contribution in [3.8, 4) is 5.69 Å². The van der Waals surface area contributed by atoms with Crippen molar-refractivity contribution in [1.82, 2.24) is 14.3 Å². The predicted octanol–water partition coefficient (Wildman–Crippen LogP) is 3.89. The Kier molecular flexibility index (Phi) is 4.16. The molecule has 13 heteroatoms. The van der Waals surface area contributed by atoms with Gasteiger partial charge in [0, 0.05) is 13.1 Å². The third-order valence-electron chi connectivity index (χ3n) is 2.96. The molecule has 1 aromatic carbocycles. The molecule has 0 bridgehead atoms. The summed E-state index contributed by atoms with van der Waals surface area (Å²) in [5.41, 5.74) is -3.01. The van der Waals surface area contributed by atoms with Gasteiger partial charge in [0.15, 0.2) is 0 Å². The van der Waals surface area contributed by atoms with E-state index in [9.17, 15) is 36.5 Å². The second-order valence-electron chi connectivity index (χ2n) is 4.53. The highest BCUT2D eigenvalue weighted by molar-refractivity contribution is 7.71. The molecule has 0 atom stereocenters. The van der Waals surface area contributed by atoms with Crippen molar-refractivity contribution in [3.63, 3.8) is 0 Å². The maximum absolute atomic E-state index is 12.8. The minimum Gasteiger partial charge on any atom is -0.299 e. The monoisotopic (exact) mass is 372 g/mol. The summed E-state index contributed by atoms with van der Waals surface area (Å²) < 4.78 is 76.7. The molecule has 1 aromatic heterocycles. The molecule has 0 unspecified atom stereocenters. The topological polar surface area (TPSA) is 65.9 Å². The molecule has 0 aliphatic carbocycles. The van der Waals surface area contributed by atoms with Crippen LogP contribution in [0.2, 0.25) is 0 Å². The summed E-state index contributed by atoms with van der Waals surface area (Å²) in [6, 6.07) is 1.34. The van der Waals surface area contributed by atoms with Gasteiger partial charge in [0.25, 0.3) is 5.69 Å². The highest BCUT2D eigenvalue weighted by atomic mass is 32.1. The molecule has 0 aliphatic heterocycles. The summed E-state index contributed by atoms with van der Waals surface area (Å²) >= 11 is 4.74. The quantitative estimate of drug-likeness (QED) is 0.347. The van der Waals surface area contributed by atoms with Crippen LogP contribution in [0.3, 0.4) is 0 Å². The van der Waals surface area contributed by atoms with E-state index < -0.39 is 44.8 Å². The van der Waals surface area contributed by atoms with Gasteiger partial charge in [-0.1, -0.05) is 0 Å². The number of nitro groups is 1. The summed E-state index contributed by atoms with van der Waals surface area (Å²) in [6.45, 7) is 0. The van der Waals surface area contributed by atoms with Gasteiger partial charge in [0.05, 0.1) is 10.5 Å². The third-order valence-corrected chi connectivity index (χ3v) is 3.41. The SMILES string of the molecule is Cn1c(C(F)(F)F)nn(-c2ccc(C(F)(F)F)cc2[N+](=O)[O-])c1=S. The smallest absolute Gasteiger partial charge is 0.299 e. The fourth-order valence-corrected chi connectivity index (χ4v) is 2.09. The molecule has 6 nitrogen and oxygen atoms in total. The largest absolute Gasteiger partial charge is 0.451 e. The third kappa shape index (κ3) is 3.11. The molecule has 0 N–H and O–H groups in total. The number of halogens is 6. The van der Waals surface area contributed by atoms with E-state index in [0.29, 0.717) is 21.4 Å². The lowest BCUT2D eigenvalue weighted by Crippen LogP contribution is -2.13. The van der Waals surface area contributed by atoms with Gasteiger partial charge in [-0.05, 0) is 24.4 Å². The van der Waals surface area contributed by atoms with Gasteiger partial charge in [-0.15, -0.1) is 5.10 Å². The molecular weight excluding hydrogens is 366 g/mol. The first-order valence-corrected chi connectivity index (χ1v) is 6.34. The van der Waals surface area contributed by atoms with Crippen molar-refractivity contribution in [1.29, 1.82) is 0 Å². The van der Waals surface area contributed by atoms with E-state index in [4.69, 9.17) is 12.2 Å². The molecule has 2 rings (SSSR count). The average Bonchev–Trinajstić information content (AvgIpc) is 2.73. The summed E-state index contributed by atoms with van der Waals surface area (Å²) in [4.78, 5) is 9.85. The van der Waals surface area contributed by atoms with Crippen LogP contribution in [0.25, 0.3) is 5.69 Å². The van der Waals surface area contributed by atoms with Crippen LogP contribution < -0.4 is 0 Å². The number of alkyl halides is 6. The van der Waals surface area contributed by atoms with E-state index in [1.54, 1.807) is 0 Å². The fraction of sp³-hybridized carbons (Fsp3) is 0.273. The van der Waals surface area contributed by atoms with Crippen molar-refractivity contribution in [2.24, 2.45) is 7.05 Å². The van der Waals surface area contributed by atoms with Crippen molar-refractivity contribution in [2.45, 2.75) is 12.4 Å². The molecule has 130 valence electrons. The maximum atomic E-state index is 12.8. The van der Waals surface area contributed by atoms with Crippen LogP contribution in [0.4, 0.5) is 32.0 Å². The van der Waals surface area contributed by atoms with Crippen molar-refractivity contribution in [2.75, 3.05) is 0 Å². The van der Waals surface area contributed by atoms with E-state index in [1.807, 2.05) is 0 Å². The lowest BCUT2D eigenvalue weighted by atomic mass is 10.1. The average molecular weight is 372 g/mol. The molecule has 0 radical (unpaired) electrons. The molecule has 0 saturated carbocycles. The van der Waals surface area contributed by atoms with Crippen LogP contribution in [0, 0.1) is 14.9 Å². The van der Waals surface area contributed by atoms with Gasteiger partial charge in [-0.25, -0.2) is 0 Å². The van der Waals surface area contributed by atoms with Crippen LogP contribution in [0.1, 0.15) is 11.4 Å². The zero-order valence-corrected chi connectivity index (χ0v) is 12.3. The standard InChI is InChI=1S/C11H6F6N4O2S/c1-19-8(11(15,16)17)18-20(9(19)24)6-3-2-5(10(12,13)14)4-7(6)21(22)23/h2-4H,1H3. The zero-order valence-electron chi connectivity index (χ0n) is 11.5. The van der Waals surface area contributed by atoms with E-state index in [2.05, 4.69) is 5.10 Å². The first kappa shape index (κ1) is 17.9. The van der Waals surface area contributed by atoms with Crippen LogP contribution in [-0.2, 0) is 19.4 Å². The van der Waals surface area contributed by atoms with Gasteiger partial charge >= 0.3 is 12.4 Å². The molecular formula is C11H6F6N4O2S. The van der Waals surface area contributed by atoms with Crippen LogP contribution in [0.15, 0.2) is 18.2 Å². The molecule has 1 heterocycles. The second-order valence-corrected chi connectivity index (χ2v) is 4.90. The number of benzene rings is 1. The lowest BCUT2D eigenvalue weighted by Gasteiger charge is -2.08. The highest BCUT2D eigenvalue weighted by Crippen LogP contribution is 2.35. The Morgan fingerprint density at radius 3 is 2.17 bits per heavy atom. The summed E-state index contributed by atoms with van der Waals surface area (Å²) in [6.07, 6.45) is -9.75. The highest BCUT2D eigenvalue weighted by Gasteiger charge is 2.38. The molecule has 0 saturated heterocycles. The summed E-state index contributed by atoms with van der Waals surface area (Å²) in [7, 11) is 0.935. The molecule has 0 amide bonds. The van der Waals surface area contributed by atoms with E-state index in [-0.39, 0.29) is 6.07 Å². The Hall–Kier alpha value is -2.44. The minimum absolute atomic E-state index is 0.207. The molecule has 0 aliphatic rings. The Labute approximate surface area is 134 Å². The van der Waals surface area contributed by atoms with Gasteiger partial charge in [-0.2, -0.15) is 31.0 Å².